The summed E-state index contributed by atoms with van der Waals surface area (Å²) in [7, 11) is 0. The number of carbonyl (C=O) groups is 7. The van der Waals surface area contributed by atoms with E-state index in [9.17, 15) is 33.6 Å². The third kappa shape index (κ3) is 68.6. The van der Waals surface area contributed by atoms with Crippen molar-refractivity contribution in [2.75, 3.05) is 0 Å². The minimum atomic E-state index is -0.175. The Hall–Kier alpha value is -4.75. The van der Waals surface area contributed by atoms with Crippen LogP contribution in [0.1, 0.15) is 398 Å². The zero-order valence-corrected chi connectivity index (χ0v) is 79.1. The molecule has 14 heteroatoms. The number of amides is 7. The number of allylic oxidation sites excluding steroid dienone is 4. The van der Waals surface area contributed by atoms with Crippen LogP contribution in [0.4, 0.5) is 0 Å². The van der Waals surface area contributed by atoms with Crippen LogP contribution in [0.25, 0.3) is 0 Å². The van der Waals surface area contributed by atoms with E-state index in [2.05, 4.69) is 174 Å². The summed E-state index contributed by atoms with van der Waals surface area (Å²) in [4.78, 5) is 84.3. The lowest BCUT2D eigenvalue weighted by Crippen LogP contribution is -2.46. The van der Waals surface area contributed by atoms with E-state index >= 15 is 0 Å². The maximum atomic E-state index is 12.2. The highest BCUT2D eigenvalue weighted by atomic mass is 16.2. The first-order chi connectivity index (χ1) is 49.0. The average molecular weight is 1540 g/mol. The van der Waals surface area contributed by atoms with Gasteiger partial charge in [0.05, 0.1) is 0 Å². The van der Waals surface area contributed by atoms with Gasteiger partial charge in [0.2, 0.25) is 41.4 Å². The Labute approximate surface area is 676 Å². The van der Waals surface area contributed by atoms with Crippen LogP contribution < -0.4 is 37.2 Å². The molecule has 2 rings (SSSR count). The predicted molar refractivity (Wildman–Crippen MR) is 474 cm³/mol. The largest absolute Gasteiger partial charge is 0.351 e. The van der Waals surface area contributed by atoms with Crippen LogP contribution in [-0.4, -0.2) is 80.1 Å². The first-order valence-corrected chi connectivity index (χ1v) is 42.7. The van der Waals surface area contributed by atoms with Gasteiger partial charge < -0.3 is 37.2 Å². The number of hydrogen-bond donors (Lipinski definition) is 7. The van der Waals surface area contributed by atoms with E-state index in [1.54, 1.807) is 6.08 Å². The van der Waals surface area contributed by atoms with Gasteiger partial charge in [0, 0.05) is 80.2 Å². The van der Waals surface area contributed by atoms with Gasteiger partial charge in [-0.1, -0.05) is 186 Å². The minimum absolute atomic E-state index is 0.0285. The molecule has 0 aliphatic heterocycles. The molecule has 9 atom stereocenters. The molecule has 0 saturated heterocycles. The van der Waals surface area contributed by atoms with Crippen LogP contribution >= 0.6 is 0 Å². The summed E-state index contributed by atoms with van der Waals surface area (Å²) in [6.07, 6.45) is 27.3. The van der Waals surface area contributed by atoms with E-state index in [4.69, 9.17) is 0 Å². The molecule has 0 bridgehead atoms. The molecular weight excluding hydrogens is 1350 g/mol. The molecule has 0 aromatic carbocycles. The lowest BCUT2D eigenvalue weighted by Gasteiger charge is -2.32. The van der Waals surface area contributed by atoms with E-state index in [1.807, 2.05) is 164 Å². The second-order valence-corrected chi connectivity index (χ2v) is 43.4. The van der Waals surface area contributed by atoms with Crippen molar-refractivity contribution in [2.45, 2.75) is 437 Å². The number of nitrogens with one attached hydrogen (secondary N) is 7. The molecule has 2 aliphatic rings. The van der Waals surface area contributed by atoms with Crippen LogP contribution in [0.5, 0.6) is 0 Å². The number of rotatable bonds is 30. The van der Waals surface area contributed by atoms with Gasteiger partial charge in [0.25, 0.3) is 0 Å². The molecule has 9 unspecified atom stereocenters. The highest BCUT2D eigenvalue weighted by Gasteiger charge is 2.38. The average Bonchev–Trinajstić information content (AvgIpc) is 1.78. The molecule has 0 spiro atoms. The summed E-state index contributed by atoms with van der Waals surface area (Å²) in [5.74, 6) is 4.93. The van der Waals surface area contributed by atoms with Crippen LogP contribution in [0, 0.1) is 81.3 Å². The van der Waals surface area contributed by atoms with Gasteiger partial charge in [0.1, 0.15) is 0 Å². The first-order valence-electron chi connectivity index (χ1n) is 42.7. The molecule has 2 saturated carbocycles. The van der Waals surface area contributed by atoms with Crippen molar-refractivity contribution < 1.29 is 33.6 Å². The molecule has 0 heterocycles. The van der Waals surface area contributed by atoms with Gasteiger partial charge in [-0.15, -0.1) is 26.3 Å². The van der Waals surface area contributed by atoms with Crippen molar-refractivity contribution in [1.82, 2.24) is 37.2 Å². The van der Waals surface area contributed by atoms with Crippen molar-refractivity contribution >= 4 is 41.4 Å². The maximum Gasteiger partial charge on any atom is 0.224 e. The summed E-state index contributed by atoms with van der Waals surface area (Å²) in [6, 6.07) is 0. The Morgan fingerprint density at radius 1 is 0.385 bits per heavy atom. The first kappa shape index (κ1) is 113. The van der Waals surface area contributed by atoms with Crippen LogP contribution in [0.3, 0.4) is 0 Å². The molecular formula is C95H185N7O7. The third-order valence-corrected chi connectivity index (χ3v) is 17.9. The van der Waals surface area contributed by atoms with E-state index in [-0.39, 0.29) is 138 Å². The van der Waals surface area contributed by atoms with Crippen molar-refractivity contribution in [3.63, 3.8) is 0 Å². The van der Waals surface area contributed by atoms with Gasteiger partial charge in [-0.2, -0.15) is 0 Å². The SMILES string of the molecule is C=CCC(CC(=C)C)C(=O)NC(C)(C)C.C=CCC(CC(C)(C)C)C(=O)NC(C)(C)C.C=CCC(CC1CCCC1)C(=O)NC(C)(C)C.CCCC(C(=O)NC(C)(C)C)C(C)(C)C.CCCC(C(=O)NC(C)(C)C)C(C)C.CCCC(CC(C)(C)C)C(=O)NC(C)(C)C.CCCC(CC1CC1C)C(=O)NC(C)(C)C. The zero-order valence-electron chi connectivity index (χ0n) is 79.1. The Balaban J connectivity index is -0.000000386. The molecule has 7 N–H and O–H groups in total. The van der Waals surface area contributed by atoms with E-state index < -0.39 is 0 Å². The second kappa shape index (κ2) is 52.6. The van der Waals surface area contributed by atoms with Crippen LogP contribution in [0.15, 0.2) is 50.1 Å². The zero-order chi connectivity index (χ0) is 86.9. The molecule has 0 radical (unpaired) electrons. The Bertz CT molecular complexity index is 2590. The fourth-order valence-corrected chi connectivity index (χ4v) is 13.1. The molecule has 0 aromatic heterocycles. The summed E-state index contributed by atoms with van der Waals surface area (Å²) < 4.78 is 0. The van der Waals surface area contributed by atoms with Crippen LogP contribution in [-0.2, 0) is 33.6 Å². The summed E-state index contributed by atoms with van der Waals surface area (Å²) >= 11 is 0. The standard InChI is InChI=1S/C15H27NO.C14H27NO.C14H29NO.C14H27NO.C13H27NO.C13H23NO.C12H25NO/c1-5-8-13(11-12-9-6-7-10-12)14(17)16-15(2,3)4;1-6-7-11(9-12-8-10(12)2)13(16)15-14(3,4)5;2*1-8-9-11(10-13(2,3)4)12(16)15-14(5,6)7;1-8-9-10(12(2,3)4)11(15)14-13(5,6)7;1-7-8-11(9-10(2)3)12(15)14-13(4,5)6;1-7-8-10(9(2)3)11(14)13-12(4,5)6/h5,12-13H,1,6-11H2,2-4H3,(H,16,17);10-12H,6-9H2,1-5H3,(H,15,16);11H,8-10H2,1-7H3,(H,15,16);8,11H,1,9-10H2,2-7H3,(H,15,16);10H,8-9H2,1-7H3,(H,14,15);7,11H,1-2,8-9H2,3-6H3,(H,14,15);9-10H,7-8H2,1-6H3,(H,13,14). The molecule has 14 nitrogen and oxygen atoms in total. The van der Waals surface area contributed by atoms with Gasteiger partial charge in [-0.3, -0.25) is 33.6 Å². The summed E-state index contributed by atoms with van der Waals surface area (Å²) in [6.45, 7) is 94.0. The van der Waals surface area contributed by atoms with E-state index in [1.165, 1.54) is 32.1 Å². The van der Waals surface area contributed by atoms with E-state index in [0.717, 1.165) is 120 Å². The van der Waals surface area contributed by atoms with Crippen LogP contribution in [0.2, 0.25) is 0 Å². The monoisotopic (exact) mass is 1540 g/mol. The Morgan fingerprint density at radius 3 is 0.972 bits per heavy atom. The number of carbonyl (C=O) groups excluding carboxylic acids is 7. The fraction of sp³-hybridized carbons (Fsp3) is 0.842. The van der Waals surface area contributed by atoms with E-state index in [0.29, 0.717) is 12.3 Å². The quantitative estimate of drug-likeness (QED) is 0.0346. The fourth-order valence-electron chi connectivity index (χ4n) is 13.1. The maximum absolute atomic E-state index is 12.2. The van der Waals surface area contributed by atoms with Crippen molar-refractivity contribution in [1.29, 1.82) is 0 Å². The highest BCUT2D eigenvalue weighted by Crippen LogP contribution is 2.43. The Kier molecular flexibility index (Phi) is 54.4. The molecule has 642 valence electrons. The third-order valence-electron chi connectivity index (χ3n) is 17.9. The van der Waals surface area contributed by atoms with Gasteiger partial charge in [-0.25, -0.2) is 0 Å². The Morgan fingerprint density at radius 2 is 0.670 bits per heavy atom. The second-order valence-electron chi connectivity index (χ2n) is 43.4. The van der Waals surface area contributed by atoms with Crippen molar-refractivity contribution in [3.8, 4) is 0 Å². The highest BCUT2D eigenvalue weighted by molar-refractivity contribution is 5.82. The predicted octanol–water partition coefficient (Wildman–Crippen LogP) is 23.7. The van der Waals surface area contributed by atoms with Crippen molar-refractivity contribution in [2.24, 2.45) is 81.3 Å². The van der Waals surface area contributed by atoms with Crippen molar-refractivity contribution in [3.05, 3.63) is 50.1 Å². The topological polar surface area (TPSA) is 204 Å². The lowest BCUT2D eigenvalue weighted by atomic mass is 9.77. The molecule has 109 heavy (non-hydrogen) atoms. The smallest absolute Gasteiger partial charge is 0.224 e. The molecule has 2 fully saturated rings. The molecule has 2 aliphatic carbocycles. The summed E-state index contributed by atoms with van der Waals surface area (Å²) in [5.41, 5.74) is 0.534. The minimum Gasteiger partial charge on any atom is -0.351 e. The van der Waals surface area contributed by atoms with Gasteiger partial charge in [-0.05, 0) is 276 Å². The summed E-state index contributed by atoms with van der Waals surface area (Å²) in [5, 5.41) is 21.4. The van der Waals surface area contributed by atoms with Gasteiger partial charge in [0.15, 0.2) is 0 Å². The normalized spacial score (nSPS) is 16.8. The molecule has 7 amide bonds. The number of hydrogen-bond acceptors (Lipinski definition) is 7. The molecule has 0 aromatic rings. The lowest BCUT2D eigenvalue weighted by molar-refractivity contribution is -0.130. The van der Waals surface area contributed by atoms with Gasteiger partial charge >= 0.3 is 0 Å².